The second kappa shape index (κ2) is 4.85. The molecule has 0 radical (unpaired) electrons. The van der Waals surface area contributed by atoms with Crippen molar-refractivity contribution in [2.24, 2.45) is 0 Å². The molecule has 1 aromatic heterocycles. The Balaban J connectivity index is 2.46. The van der Waals surface area contributed by atoms with E-state index in [1.54, 1.807) is 13.0 Å². The highest BCUT2D eigenvalue weighted by Crippen LogP contribution is 2.28. The first kappa shape index (κ1) is 12.7. The summed E-state index contributed by atoms with van der Waals surface area (Å²) >= 11 is 3.20. The van der Waals surface area contributed by atoms with E-state index in [2.05, 4.69) is 30.8 Å². The minimum atomic E-state index is -0.719. The van der Waals surface area contributed by atoms with E-state index in [0.717, 1.165) is 0 Å². The van der Waals surface area contributed by atoms with Crippen LogP contribution in [0.15, 0.2) is 21.1 Å². The van der Waals surface area contributed by atoms with Crippen LogP contribution in [0.2, 0.25) is 0 Å². The normalized spacial score (nSPS) is 10.4. The van der Waals surface area contributed by atoms with Crippen LogP contribution in [-0.4, -0.2) is 23.2 Å². The number of hydrogen-bond donors (Lipinski definition) is 0. The molecule has 0 aliphatic heterocycles. The average Bonchev–Trinajstić information content (AvgIpc) is 2.82. The standard InChI is InChI=1S/C11H8BrFN2O3/c1-5-3-6(7(12)4-8(5)13)9-14-10(18-15-9)11(16)17-2/h3-4H,1-2H3. The minimum absolute atomic E-state index is 0.186. The number of aryl methyl sites for hydroxylation is 1. The van der Waals surface area contributed by atoms with Crippen LogP contribution in [0.5, 0.6) is 0 Å². The van der Waals surface area contributed by atoms with E-state index in [-0.39, 0.29) is 17.5 Å². The maximum atomic E-state index is 13.3. The van der Waals surface area contributed by atoms with Crippen molar-refractivity contribution in [3.8, 4) is 11.4 Å². The summed E-state index contributed by atoms with van der Waals surface area (Å²) in [7, 11) is 1.21. The summed E-state index contributed by atoms with van der Waals surface area (Å²) in [4.78, 5) is 15.1. The van der Waals surface area contributed by atoms with Crippen LogP contribution >= 0.6 is 15.9 Å². The van der Waals surface area contributed by atoms with Crippen LogP contribution < -0.4 is 0 Å². The van der Waals surface area contributed by atoms with Gasteiger partial charge >= 0.3 is 11.9 Å². The van der Waals surface area contributed by atoms with E-state index in [1.807, 2.05) is 0 Å². The van der Waals surface area contributed by atoms with Crippen molar-refractivity contribution >= 4 is 21.9 Å². The van der Waals surface area contributed by atoms with Crippen LogP contribution in [0.25, 0.3) is 11.4 Å². The lowest BCUT2D eigenvalue weighted by Gasteiger charge is -2.02. The van der Waals surface area contributed by atoms with Gasteiger partial charge < -0.3 is 9.26 Å². The summed E-state index contributed by atoms with van der Waals surface area (Å²) in [5.41, 5.74) is 0.977. The topological polar surface area (TPSA) is 65.2 Å². The monoisotopic (exact) mass is 314 g/mol. The lowest BCUT2D eigenvalue weighted by atomic mass is 10.1. The predicted octanol–water partition coefficient (Wildman–Crippen LogP) is 2.73. The number of halogens is 2. The van der Waals surface area contributed by atoms with E-state index >= 15 is 0 Å². The molecule has 0 amide bonds. The fourth-order valence-corrected chi connectivity index (χ4v) is 1.82. The predicted molar refractivity (Wildman–Crippen MR) is 63.5 cm³/mol. The van der Waals surface area contributed by atoms with Crippen LogP contribution in [-0.2, 0) is 4.74 Å². The fraction of sp³-hybridized carbons (Fsp3) is 0.182. The number of carbonyl (C=O) groups excluding carboxylic acids is 1. The van der Waals surface area contributed by atoms with Gasteiger partial charge in [-0.2, -0.15) is 4.98 Å². The molecular weight excluding hydrogens is 307 g/mol. The molecule has 0 saturated carbocycles. The van der Waals surface area contributed by atoms with Gasteiger partial charge in [0.25, 0.3) is 0 Å². The van der Waals surface area contributed by atoms with E-state index in [4.69, 9.17) is 4.52 Å². The Morgan fingerprint density at radius 1 is 1.50 bits per heavy atom. The summed E-state index contributed by atoms with van der Waals surface area (Å²) < 4.78 is 23.0. The van der Waals surface area contributed by atoms with Gasteiger partial charge in [-0.1, -0.05) is 5.16 Å². The number of ether oxygens (including phenoxy) is 1. The first-order valence-corrected chi connectivity index (χ1v) is 5.70. The van der Waals surface area contributed by atoms with E-state index in [0.29, 0.717) is 15.6 Å². The third-order valence-corrected chi connectivity index (χ3v) is 2.93. The first-order chi connectivity index (χ1) is 8.52. The average molecular weight is 315 g/mol. The molecule has 2 rings (SSSR count). The number of carbonyl (C=O) groups is 1. The van der Waals surface area contributed by atoms with Gasteiger partial charge in [0.05, 0.1) is 7.11 Å². The molecule has 0 fully saturated rings. The van der Waals surface area contributed by atoms with Gasteiger partial charge in [0.2, 0.25) is 5.82 Å². The number of benzene rings is 1. The molecule has 5 nitrogen and oxygen atoms in total. The van der Waals surface area contributed by atoms with Crippen molar-refractivity contribution < 1.29 is 18.4 Å². The van der Waals surface area contributed by atoms with Gasteiger partial charge in [-0.05, 0) is 40.5 Å². The minimum Gasteiger partial charge on any atom is -0.462 e. The van der Waals surface area contributed by atoms with Crippen molar-refractivity contribution in [2.75, 3.05) is 7.11 Å². The molecule has 1 aromatic carbocycles. The molecule has 0 spiro atoms. The summed E-state index contributed by atoms with van der Waals surface area (Å²) in [6, 6.07) is 2.87. The number of methoxy groups -OCH3 is 1. The third kappa shape index (κ3) is 2.26. The van der Waals surface area contributed by atoms with Gasteiger partial charge in [-0.3, -0.25) is 0 Å². The highest BCUT2D eigenvalue weighted by molar-refractivity contribution is 9.10. The van der Waals surface area contributed by atoms with Crippen LogP contribution in [0.3, 0.4) is 0 Å². The molecule has 0 atom stereocenters. The summed E-state index contributed by atoms with van der Waals surface area (Å²) in [6.07, 6.45) is 0. The van der Waals surface area contributed by atoms with Crippen LogP contribution in [0.1, 0.15) is 16.2 Å². The highest BCUT2D eigenvalue weighted by atomic mass is 79.9. The zero-order chi connectivity index (χ0) is 13.3. The molecular formula is C11H8BrFN2O3. The molecule has 0 saturated heterocycles. The second-order valence-corrected chi connectivity index (χ2v) is 4.35. The number of hydrogen-bond acceptors (Lipinski definition) is 5. The van der Waals surface area contributed by atoms with Gasteiger partial charge in [0.1, 0.15) is 5.82 Å². The maximum Gasteiger partial charge on any atom is 0.397 e. The van der Waals surface area contributed by atoms with Gasteiger partial charge in [0, 0.05) is 10.0 Å². The molecule has 7 heteroatoms. The molecule has 0 aliphatic rings. The fourth-order valence-electron chi connectivity index (χ4n) is 1.33. The van der Waals surface area contributed by atoms with Crippen LogP contribution in [0, 0.1) is 12.7 Å². The van der Waals surface area contributed by atoms with E-state index in [1.165, 1.54) is 13.2 Å². The molecule has 18 heavy (non-hydrogen) atoms. The molecule has 0 aliphatic carbocycles. The molecule has 0 N–H and O–H groups in total. The van der Waals surface area contributed by atoms with Crippen molar-refractivity contribution in [1.29, 1.82) is 0 Å². The Kier molecular flexibility index (Phi) is 3.42. The molecule has 1 heterocycles. The second-order valence-electron chi connectivity index (χ2n) is 3.50. The zero-order valence-electron chi connectivity index (χ0n) is 9.53. The molecule has 0 bridgehead atoms. The largest absolute Gasteiger partial charge is 0.462 e. The molecule has 0 unspecified atom stereocenters. The maximum absolute atomic E-state index is 13.3. The van der Waals surface area contributed by atoms with Gasteiger partial charge in [-0.15, -0.1) is 0 Å². The Hall–Kier alpha value is -1.76. The Bertz CT molecular complexity index is 612. The van der Waals surface area contributed by atoms with Gasteiger partial charge in [0.15, 0.2) is 0 Å². The first-order valence-electron chi connectivity index (χ1n) is 4.91. The SMILES string of the molecule is COC(=O)c1nc(-c2cc(C)c(F)cc2Br)no1. The number of aromatic nitrogens is 2. The zero-order valence-corrected chi connectivity index (χ0v) is 11.1. The Morgan fingerprint density at radius 2 is 2.22 bits per heavy atom. The Labute approximate surface area is 110 Å². The van der Waals surface area contributed by atoms with Crippen molar-refractivity contribution in [1.82, 2.24) is 10.1 Å². The number of rotatable bonds is 2. The summed E-state index contributed by atoms with van der Waals surface area (Å²) in [5.74, 6) is -1.13. The van der Waals surface area contributed by atoms with E-state index in [9.17, 15) is 9.18 Å². The lowest BCUT2D eigenvalue weighted by molar-refractivity contribution is 0.0545. The van der Waals surface area contributed by atoms with Crippen molar-refractivity contribution in [3.05, 3.63) is 33.9 Å². The molecule has 94 valence electrons. The Morgan fingerprint density at radius 3 is 2.89 bits per heavy atom. The summed E-state index contributed by atoms with van der Waals surface area (Å²) in [5, 5.41) is 3.65. The molecule has 2 aromatic rings. The summed E-state index contributed by atoms with van der Waals surface area (Å²) in [6.45, 7) is 1.62. The smallest absolute Gasteiger partial charge is 0.397 e. The van der Waals surface area contributed by atoms with Crippen molar-refractivity contribution in [3.63, 3.8) is 0 Å². The third-order valence-electron chi connectivity index (χ3n) is 2.28. The van der Waals surface area contributed by atoms with Gasteiger partial charge in [-0.25, -0.2) is 9.18 Å². The van der Waals surface area contributed by atoms with Crippen molar-refractivity contribution in [2.45, 2.75) is 6.92 Å². The lowest BCUT2D eigenvalue weighted by Crippen LogP contribution is -2.01. The number of esters is 1. The highest BCUT2D eigenvalue weighted by Gasteiger charge is 2.18. The number of nitrogens with zero attached hydrogens (tertiary/aromatic N) is 2. The van der Waals surface area contributed by atoms with E-state index < -0.39 is 5.97 Å². The quantitative estimate of drug-likeness (QED) is 0.797. The van der Waals surface area contributed by atoms with Crippen LogP contribution in [0.4, 0.5) is 4.39 Å².